The molecular weight excluding hydrogens is 332 g/mol. The molecule has 3 N–H and O–H groups in total. The van der Waals surface area contributed by atoms with Gasteiger partial charge >= 0.3 is 0 Å². The van der Waals surface area contributed by atoms with Crippen molar-refractivity contribution in [3.63, 3.8) is 0 Å². The first kappa shape index (κ1) is 17.9. The molecule has 1 aromatic carbocycles. The molecule has 7 heteroatoms. The molecule has 1 amide bonds. The van der Waals surface area contributed by atoms with E-state index in [1.54, 1.807) is 31.3 Å². The zero-order chi connectivity index (χ0) is 16.5. The van der Waals surface area contributed by atoms with E-state index in [0.29, 0.717) is 28.9 Å². The van der Waals surface area contributed by atoms with Crippen molar-refractivity contribution in [1.29, 1.82) is 0 Å². The summed E-state index contributed by atoms with van der Waals surface area (Å²) in [5, 5.41) is 10.5. The van der Waals surface area contributed by atoms with Gasteiger partial charge in [0.2, 0.25) is 0 Å². The maximum atomic E-state index is 12.0. The molecule has 0 bridgehead atoms. The van der Waals surface area contributed by atoms with E-state index in [-0.39, 0.29) is 5.91 Å². The highest BCUT2D eigenvalue weighted by Gasteiger charge is 2.15. The van der Waals surface area contributed by atoms with Crippen LogP contribution in [0.3, 0.4) is 0 Å². The zero-order valence-electron chi connectivity index (χ0n) is 13.3. The molecule has 1 atom stereocenters. The van der Waals surface area contributed by atoms with Gasteiger partial charge in [-0.25, -0.2) is 0 Å². The molecule has 2 rings (SSSR count). The third-order valence-corrected chi connectivity index (χ3v) is 5.29. The van der Waals surface area contributed by atoms with Crippen molar-refractivity contribution in [2.45, 2.75) is 18.1 Å². The Labute approximate surface area is 146 Å². The zero-order valence-corrected chi connectivity index (χ0v) is 14.8. The van der Waals surface area contributed by atoms with Gasteiger partial charge in [0.25, 0.3) is 5.91 Å². The number of carbonyl (C=O) groups is 1. The van der Waals surface area contributed by atoms with E-state index < -0.39 is 0 Å². The molecule has 0 radical (unpaired) electrons. The van der Waals surface area contributed by atoms with E-state index in [0.717, 1.165) is 12.5 Å². The Morgan fingerprint density at radius 2 is 2.09 bits per heavy atom. The molecule has 0 saturated carbocycles. The van der Waals surface area contributed by atoms with Crippen molar-refractivity contribution in [3.05, 3.63) is 34.9 Å². The average molecular weight is 355 g/mol. The summed E-state index contributed by atoms with van der Waals surface area (Å²) >= 11 is 8.01. The SMILES string of the molecule is CN=C(NCCNC(=O)c1ccccc1Cl)NCC1CCCS1. The Hall–Kier alpha value is -1.40. The molecule has 1 fully saturated rings. The Morgan fingerprint density at radius 3 is 2.78 bits per heavy atom. The number of aliphatic imine (C=N–C) groups is 1. The van der Waals surface area contributed by atoms with Crippen molar-refractivity contribution in [2.75, 3.05) is 32.4 Å². The summed E-state index contributed by atoms with van der Waals surface area (Å²) in [6, 6.07) is 7.02. The molecule has 5 nitrogen and oxygen atoms in total. The Balaban J connectivity index is 1.65. The van der Waals surface area contributed by atoms with Gasteiger partial charge in [-0.1, -0.05) is 23.7 Å². The quantitative estimate of drug-likeness (QED) is 0.416. The first-order valence-electron chi connectivity index (χ1n) is 7.79. The van der Waals surface area contributed by atoms with Crippen LogP contribution in [0.1, 0.15) is 23.2 Å². The van der Waals surface area contributed by atoms with Crippen LogP contribution in [0.4, 0.5) is 0 Å². The first-order valence-corrected chi connectivity index (χ1v) is 9.22. The van der Waals surface area contributed by atoms with Gasteiger partial charge in [0.05, 0.1) is 10.6 Å². The fraction of sp³-hybridized carbons (Fsp3) is 0.500. The van der Waals surface area contributed by atoms with Crippen LogP contribution in [-0.4, -0.2) is 49.6 Å². The van der Waals surface area contributed by atoms with E-state index >= 15 is 0 Å². The summed E-state index contributed by atoms with van der Waals surface area (Å²) in [7, 11) is 1.75. The van der Waals surface area contributed by atoms with E-state index in [1.165, 1.54) is 18.6 Å². The smallest absolute Gasteiger partial charge is 0.252 e. The average Bonchev–Trinajstić information content (AvgIpc) is 3.08. The van der Waals surface area contributed by atoms with Gasteiger partial charge in [0.1, 0.15) is 0 Å². The predicted octanol–water partition coefficient (Wildman–Crippen LogP) is 2.13. The van der Waals surface area contributed by atoms with Crippen LogP contribution in [0.15, 0.2) is 29.3 Å². The van der Waals surface area contributed by atoms with Gasteiger partial charge in [-0.2, -0.15) is 11.8 Å². The number of hydrogen-bond acceptors (Lipinski definition) is 3. The van der Waals surface area contributed by atoms with Crippen molar-refractivity contribution >= 4 is 35.2 Å². The van der Waals surface area contributed by atoms with E-state index in [4.69, 9.17) is 11.6 Å². The Kier molecular flexibility index (Phi) is 7.55. The van der Waals surface area contributed by atoms with Gasteiger partial charge < -0.3 is 16.0 Å². The lowest BCUT2D eigenvalue weighted by molar-refractivity contribution is 0.0954. The van der Waals surface area contributed by atoms with Crippen molar-refractivity contribution in [3.8, 4) is 0 Å². The number of thioether (sulfide) groups is 1. The summed E-state index contributed by atoms with van der Waals surface area (Å²) in [4.78, 5) is 16.2. The molecule has 1 aliphatic rings. The first-order chi connectivity index (χ1) is 11.2. The molecule has 0 aliphatic carbocycles. The molecule has 1 unspecified atom stereocenters. The van der Waals surface area contributed by atoms with Gasteiger partial charge in [-0.15, -0.1) is 0 Å². The van der Waals surface area contributed by atoms with Gasteiger partial charge in [0, 0.05) is 31.9 Å². The fourth-order valence-electron chi connectivity index (χ4n) is 2.33. The minimum absolute atomic E-state index is 0.164. The molecule has 0 aromatic heterocycles. The standard InChI is InChI=1S/C16H23ClN4OS/c1-18-16(21-11-12-5-4-10-23-12)20-9-8-19-15(22)13-6-2-3-7-14(13)17/h2-3,6-7,12H,4-5,8-11H2,1H3,(H,19,22)(H2,18,20,21). The number of halogens is 1. The minimum Gasteiger partial charge on any atom is -0.355 e. The number of carbonyl (C=O) groups excluding carboxylic acids is 1. The van der Waals surface area contributed by atoms with E-state index in [1.807, 2.05) is 11.8 Å². The van der Waals surface area contributed by atoms with Crippen LogP contribution in [0.5, 0.6) is 0 Å². The number of amides is 1. The minimum atomic E-state index is -0.164. The second-order valence-electron chi connectivity index (χ2n) is 5.25. The highest BCUT2D eigenvalue weighted by atomic mass is 35.5. The molecule has 23 heavy (non-hydrogen) atoms. The van der Waals surface area contributed by atoms with Crippen LogP contribution in [0, 0.1) is 0 Å². The molecule has 1 aromatic rings. The third-order valence-electron chi connectivity index (χ3n) is 3.57. The predicted molar refractivity (Wildman–Crippen MR) is 98.6 cm³/mol. The lowest BCUT2D eigenvalue weighted by Gasteiger charge is -2.15. The topological polar surface area (TPSA) is 65.5 Å². The summed E-state index contributed by atoms with van der Waals surface area (Å²) in [5.41, 5.74) is 0.495. The fourth-order valence-corrected chi connectivity index (χ4v) is 3.76. The van der Waals surface area contributed by atoms with E-state index in [9.17, 15) is 4.79 Å². The number of rotatable bonds is 6. The normalized spacial score (nSPS) is 17.8. The summed E-state index contributed by atoms with van der Waals surface area (Å²) in [5.74, 6) is 1.86. The highest BCUT2D eigenvalue weighted by molar-refractivity contribution is 8.00. The van der Waals surface area contributed by atoms with E-state index in [2.05, 4.69) is 20.9 Å². The van der Waals surface area contributed by atoms with Crippen molar-refractivity contribution in [1.82, 2.24) is 16.0 Å². The second-order valence-corrected chi connectivity index (χ2v) is 7.07. The molecule has 1 saturated heterocycles. The lowest BCUT2D eigenvalue weighted by atomic mass is 10.2. The van der Waals surface area contributed by atoms with Crippen LogP contribution in [0.2, 0.25) is 5.02 Å². The number of nitrogens with zero attached hydrogens (tertiary/aromatic N) is 1. The third kappa shape index (κ3) is 5.95. The largest absolute Gasteiger partial charge is 0.355 e. The van der Waals surface area contributed by atoms with Crippen LogP contribution in [-0.2, 0) is 0 Å². The van der Waals surface area contributed by atoms with Crippen LogP contribution >= 0.6 is 23.4 Å². The Bertz CT molecular complexity index is 547. The molecule has 0 spiro atoms. The van der Waals surface area contributed by atoms with Crippen molar-refractivity contribution in [2.24, 2.45) is 4.99 Å². The van der Waals surface area contributed by atoms with Gasteiger partial charge in [-0.05, 0) is 30.7 Å². The summed E-state index contributed by atoms with van der Waals surface area (Å²) < 4.78 is 0. The number of hydrogen-bond donors (Lipinski definition) is 3. The lowest BCUT2D eigenvalue weighted by Crippen LogP contribution is -2.43. The number of benzene rings is 1. The van der Waals surface area contributed by atoms with Crippen molar-refractivity contribution < 1.29 is 4.79 Å². The van der Waals surface area contributed by atoms with Crippen LogP contribution in [0.25, 0.3) is 0 Å². The number of guanidine groups is 1. The second kappa shape index (κ2) is 9.67. The highest BCUT2D eigenvalue weighted by Crippen LogP contribution is 2.25. The Morgan fingerprint density at radius 1 is 1.30 bits per heavy atom. The molecule has 126 valence electrons. The monoisotopic (exact) mass is 354 g/mol. The number of nitrogens with one attached hydrogen (secondary N) is 3. The molecule has 1 heterocycles. The molecular formula is C16H23ClN4OS. The van der Waals surface area contributed by atoms with Crippen LogP contribution < -0.4 is 16.0 Å². The summed E-state index contributed by atoms with van der Waals surface area (Å²) in [6.07, 6.45) is 2.57. The maximum absolute atomic E-state index is 12.0. The van der Waals surface area contributed by atoms with Gasteiger partial charge in [-0.3, -0.25) is 9.79 Å². The maximum Gasteiger partial charge on any atom is 0.252 e. The summed E-state index contributed by atoms with van der Waals surface area (Å²) in [6.45, 7) is 2.03. The van der Waals surface area contributed by atoms with Gasteiger partial charge in [0.15, 0.2) is 5.96 Å². The molecule has 1 aliphatic heterocycles.